The van der Waals surface area contributed by atoms with Crippen molar-refractivity contribution in [3.63, 3.8) is 0 Å². The lowest BCUT2D eigenvalue weighted by Gasteiger charge is -2.18. The minimum absolute atomic E-state index is 0.0839. The number of hydrogen-bond acceptors (Lipinski definition) is 4. The average Bonchev–Trinajstić information content (AvgIpc) is 2.67. The molecule has 7 nitrogen and oxygen atoms in total. The van der Waals surface area contributed by atoms with Gasteiger partial charge in [0.05, 0.1) is 4.90 Å². The first kappa shape index (κ1) is 20.6. The van der Waals surface area contributed by atoms with Gasteiger partial charge in [-0.3, -0.25) is 4.79 Å². The van der Waals surface area contributed by atoms with Crippen LogP contribution in [0.3, 0.4) is 0 Å². The molecule has 1 amide bonds. The van der Waals surface area contributed by atoms with Crippen LogP contribution in [0.5, 0.6) is 0 Å². The first-order chi connectivity index (χ1) is 12.8. The summed E-state index contributed by atoms with van der Waals surface area (Å²) >= 11 is 0. The molecule has 0 aliphatic rings. The van der Waals surface area contributed by atoms with Gasteiger partial charge in [-0.15, -0.1) is 0 Å². The minimum Gasteiger partial charge on any atom is -0.479 e. The summed E-state index contributed by atoms with van der Waals surface area (Å²) in [5.41, 5.74) is 0.620. The van der Waals surface area contributed by atoms with Crippen molar-refractivity contribution in [1.29, 1.82) is 0 Å². The molecule has 2 rings (SSSR count). The second-order valence-corrected chi connectivity index (χ2v) is 7.71. The van der Waals surface area contributed by atoms with E-state index in [0.29, 0.717) is 18.7 Å². The highest BCUT2D eigenvalue weighted by molar-refractivity contribution is 7.89. The number of aliphatic carboxylic acids is 1. The zero-order chi connectivity index (χ0) is 20.0. The summed E-state index contributed by atoms with van der Waals surface area (Å²) in [5, 5.41) is 11.8. The van der Waals surface area contributed by atoms with Crippen molar-refractivity contribution >= 4 is 21.9 Å². The normalized spacial score (nSPS) is 12.6. The fourth-order valence-electron chi connectivity index (χ4n) is 2.64. The van der Waals surface area contributed by atoms with Gasteiger partial charge in [-0.25, -0.2) is 13.2 Å². The smallest absolute Gasteiger partial charge is 0.330 e. The molecule has 8 heteroatoms. The number of carboxylic acids is 1. The third kappa shape index (κ3) is 4.72. The summed E-state index contributed by atoms with van der Waals surface area (Å²) in [6.07, 6.45) is 0. The van der Waals surface area contributed by atoms with Crippen LogP contribution in [-0.4, -0.2) is 42.8 Å². The molecular formula is C19H22N2O5S. The summed E-state index contributed by atoms with van der Waals surface area (Å²) < 4.78 is 26.3. The molecule has 0 bridgehead atoms. The van der Waals surface area contributed by atoms with Gasteiger partial charge in [0, 0.05) is 18.7 Å². The zero-order valence-electron chi connectivity index (χ0n) is 15.1. The Labute approximate surface area is 158 Å². The van der Waals surface area contributed by atoms with Crippen molar-refractivity contribution in [3.8, 4) is 0 Å². The number of carbonyl (C=O) groups is 2. The summed E-state index contributed by atoms with van der Waals surface area (Å²) in [6.45, 7) is 4.19. The lowest BCUT2D eigenvalue weighted by Crippen LogP contribution is -2.34. The predicted molar refractivity (Wildman–Crippen MR) is 101 cm³/mol. The molecule has 0 aromatic heterocycles. The van der Waals surface area contributed by atoms with Crippen LogP contribution < -0.4 is 5.32 Å². The number of nitrogens with one attached hydrogen (secondary N) is 1. The van der Waals surface area contributed by atoms with Crippen LogP contribution >= 0.6 is 0 Å². The van der Waals surface area contributed by atoms with E-state index in [2.05, 4.69) is 5.32 Å². The first-order valence-electron chi connectivity index (χ1n) is 8.50. The number of benzene rings is 2. The van der Waals surface area contributed by atoms with Crippen LogP contribution in [0.1, 0.15) is 35.8 Å². The Balaban J connectivity index is 2.21. The van der Waals surface area contributed by atoms with Crippen LogP contribution in [0.2, 0.25) is 0 Å². The number of amides is 1. The molecule has 0 unspecified atom stereocenters. The van der Waals surface area contributed by atoms with Gasteiger partial charge in [-0.05, 0) is 29.8 Å². The van der Waals surface area contributed by atoms with E-state index >= 15 is 0 Å². The maximum absolute atomic E-state index is 12.5. The number of sulfonamides is 1. The largest absolute Gasteiger partial charge is 0.479 e. The van der Waals surface area contributed by atoms with Gasteiger partial charge in [-0.2, -0.15) is 4.31 Å². The zero-order valence-corrected chi connectivity index (χ0v) is 15.9. The van der Waals surface area contributed by atoms with E-state index in [9.17, 15) is 23.1 Å². The van der Waals surface area contributed by atoms with Gasteiger partial charge in [0.15, 0.2) is 6.04 Å². The Bertz CT molecular complexity index is 891. The maximum Gasteiger partial charge on any atom is 0.330 e. The van der Waals surface area contributed by atoms with Crippen molar-refractivity contribution in [2.45, 2.75) is 24.8 Å². The highest BCUT2D eigenvalue weighted by atomic mass is 32.2. The second kappa shape index (κ2) is 8.79. The van der Waals surface area contributed by atoms with Gasteiger partial charge < -0.3 is 10.4 Å². The molecule has 1 atom stereocenters. The molecule has 27 heavy (non-hydrogen) atoms. The first-order valence-corrected chi connectivity index (χ1v) is 9.94. The highest BCUT2D eigenvalue weighted by Crippen LogP contribution is 2.18. The third-order valence-corrected chi connectivity index (χ3v) is 6.18. The van der Waals surface area contributed by atoms with Gasteiger partial charge in [0.2, 0.25) is 10.0 Å². The van der Waals surface area contributed by atoms with Crippen LogP contribution in [0.4, 0.5) is 0 Å². The van der Waals surface area contributed by atoms with Gasteiger partial charge in [-0.1, -0.05) is 44.2 Å². The van der Waals surface area contributed by atoms with Crippen LogP contribution in [0.25, 0.3) is 0 Å². The number of carbonyl (C=O) groups excluding carboxylic acids is 1. The SMILES string of the molecule is CCN(CC)S(=O)(=O)c1ccc(C(=O)N[C@@H](C(=O)O)c2ccccc2)cc1. The molecular weight excluding hydrogens is 368 g/mol. The molecule has 0 spiro atoms. The molecule has 0 saturated heterocycles. The molecule has 0 saturated carbocycles. The van der Waals surface area contributed by atoms with E-state index in [-0.39, 0.29) is 10.5 Å². The maximum atomic E-state index is 12.5. The van der Waals surface area contributed by atoms with Crippen molar-refractivity contribution in [2.24, 2.45) is 0 Å². The summed E-state index contributed by atoms with van der Waals surface area (Å²) in [7, 11) is -3.62. The molecule has 0 heterocycles. The minimum atomic E-state index is -3.62. The molecule has 2 N–H and O–H groups in total. The molecule has 0 aliphatic carbocycles. The lowest BCUT2D eigenvalue weighted by molar-refractivity contribution is -0.139. The van der Waals surface area contributed by atoms with Gasteiger partial charge in [0.1, 0.15) is 0 Å². The Morgan fingerprint density at radius 1 is 1.00 bits per heavy atom. The summed E-state index contributed by atoms with van der Waals surface area (Å²) in [5.74, 6) is -1.78. The van der Waals surface area contributed by atoms with Crippen molar-refractivity contribution < 1.29 is 23.1 Å². The molecule has 144 valence electrons. The number of rotatable bonds is 8. The monoisotopic (exact) mass is 390 g/mol. The van der Waals surface area contributed by atoms with E-state index in [4.69, 9.17) is 0 Å². The molecule has 0 fully saturated rings. The third-order valence-electron chi connectivity index (χ3n) is 4.11. The number of carboxylic acid groups (broad SMARTS) is 1. The molecule has 0 radical (unpaired) electrons. The van der Waals surface area contributed by atoms with E-state index in [1.165, 1.54) is 28.6 Å². The van der Waals surface area contributed by atoms with Crippen LogP contribution in [-0.2, 0) is 14.8 Å². The summed E-state index contributed by atoms with van der Waals surface area (Å²) in [4.78, 5) is 24.0. The Morgan fingerprint density at radius 2 is 1.56 bits per heavy atom. The topological polar surface area (TPSA) is 104 Å². The fourth-order valence-corrected chi connectivity index (χ4v) is 4.10. The Hall–Kier alpha value is -2.71. The van der Waals surface area contributed by atoms with E-state index in [0.717, 1.165) is 0 Å². The Morgan fingerprint density at radius 3 is 2.04 bits per heavy atom. The lowest BCUT2D eigenvalue weighted by atomic mass is 10.1. The van der Waals surface area contributed by atoms with Crippen molar-refractivity contribution in [2.75, 3.05) is 13.1 Å². The molecule has 2 aromatic carbocycles. The van der Waals surface area contributed by atoms with E-state index < -0.39 is 27.9 Å². The predicted octanol–water partition coefficient (Wildman–Crippen LogP) is 2.27. The molecule has 0 aliphatic heterocycles. The fraction of sp³-hybridized carbons (Fsp3) is 0.263. The number of hydrogen-bond donors (Lipinski definition) is 2. The Kier molecular flexibility index (Phi) is 6.70. The van der Waals surface area contributed by atoms with E-state index in [1.54, 1.807) is 44.2 Å². The average molecular weight is 390 g/mol. The van der Waals surface area contributed by atoms with Crippen LogP contribution in [0, 0.1) is 0 Å². The van der Waals surface area contributed by atoms with E-state index in [1.807, 2.05) is 0 Å². The summed E-state index contributed by atoms with van der Waals surface area (Å²) in [6, 6.07) is 12.6. The van der Waals surface area contributed by atoms with Crippen molar-refractivity contribution in [3.05, 3.63) is 65.7 Å². The van der Waals surface area contributed by atoms with Crippen LogP contribution in [0.15, 0.2) is 59.5 Å². The standard InChI is InChI=1S/C19H22N2O5S/c1-3-21(4-2)27(25,26)16-12-10-15(11-13-16)18(22)20-17(19(23)24)14-8-6-5-7-9-14/h5-13,17H,3-4H2,1-2H3,(H,20,22)(H,23,24)/t17-/m1/s1. The van der Waals surface area contributed by atoms with Gasteiger partial charge >= 0.3 is 5.97 Å². The second-order valence-electron chi connectivity index (χ2n) is 5.77. The number of nitrogens with zero attached hydrogens (tertiary/aromatic N) is 1. The van der Waals surface area contributed by atoms with Gasteiger partial charge in [0.25, 0.3) is 5.91 Å². The molecule has 2 aromatic rings. The van der Waals surface area contributed by atoms with Crippen molar-refractivity contribution in [1.82, 2.24) is 9.62 Å². The highest BCUT2D eigenvalue weighted by Gasteiger charge is 2.24. The quantitative estimate of drug-likeness (QED) is 0.720.